The van der Waals surface area contributed by atoms with Gasteiger partial charge in [0.15, 0.2) is 0 Å². The van der Waals surface area contributed by atoms with Gasteiger partial charge in [0.05, 0.1) is 13.7 Å². The van der Waals surface area contributed by atoms with Crippen LogP contribution in [0, 0.1) is 11.8 Å². The molecule has 4 bridgehead atoms. The molecule has 0 aromatic heterocycles. The minimum Gasteiger partial charge on any atom is -0.468 e. The highest BCUT2D eigenvalue weighted by atomic mass is 16.5. The summed E-state index contributed by atoms with van der Waals surface area (Å²) >= 11 is 0. The predicted octanol–water partition coefficient (Wildman–Crippen LogP) is 3.99. The molecule has 3 atom stereocenters. The van der Waals surface area contributed by atoms with Gasteiger partial charge >= 0.3 is 12.1 Å². The number of unbranched alkanes of at least 4 members (excludes halogenated alkanes) is 1. The molecule has 2 aromatic rings. The fourth-order valence-electron chi connectivity index (χ4n) is 8.84. The van der Waals surface area contributed by atoms with E-state index in [4.69, 9.17) is 15.2 Å². The highest BCUT2D eigenvalue weighted by molar-refractivity contribution is 5.86. The number of methoxy groups -OCH3 is 1. The molecule has 0 aliphatic heterocycles. The van der Waals surface area contributed by atoms with Crippen molar-refractivity contribution >= 4 is 18.0 Å². The van der Waals surface area contributed by atoms with Crippen LogP contribution in [-0.4, -0.2) is 61.9 Å². The third-order valence-corrected chi connectivity index (χ3v) is 10.2. The highest BCUT2D eigenvalue weighted by Crippen LogP contribution is 2.57. The molecule has 5 aliphatic carbocycles. The van der Waals surface area contributed by atoms with E-state index in [2.05, 4.69) is 40.2 Å². The van der Waals surface area contributed by atoms with Crippen molar-refractivity contribution in [2.75, 3.05) is 26.8 Å². The minimum atomic E-state index is -0.714. The number of nitrogens with two attached hydrogens (primary N) is 1. The number of ether oxygens (including phenoxy) is 2. The number of hydrogen-bond acceptors (Lipinski definition) is 7. The first-order chi connectivity index (χ1) is 20.8. The number of fused-ring (bicyclic) bond motifs is 3. The standard InChI is InChI=1S/C34H44N4O5/c1-42-30(39)19-36-33-15-22-14-23(16-33)18-34(17-22,21-33)38-31(40)29(12-6-7-13-35)37-32(41)43-20-28-26-10-4-2-8-24(26)25-9-3-5-11-27(25)28/h2-5,8-11,22-23,28-29,36H,6-7,12-21,35H2,1H3,(H,37,41)(H,38,40). The highest BCUT2D eigenvalue weighted by Gasteiger charge is 2.58. The number of nitrogens with one attached hydrogen (secondary N) is 3. The van der Waals surface area contributed by atoms with Gasteiger partial charge in [0, 0.05) is 17.0 Å². The Morgan fingerprint density at radius 1 is 0.930 bits per heavy atom. The Labute approximate surface area is 253 Å². The summed E-state index contributed by atoms with van der Waals surface area (Å²) in [6, 6.07) is 15.7. The molecule has 5 N–H and O–H groups in total. The van der Waals surface area contributed by atoms with Gasteiger partial charge in [-0.15, -0.1) is 0 Å². The Balaban J connectivity index is 1.12. The van der Waals surface area contributed by atoms with Crippen molar-refractivity contribution in [2.24, 2.45) is 17.6 Å². The number of benzene rings is 2. The van der Waals surface area contributed by atoms with E-state index < -0.39 is 12.1 Å². The molecule has 9 heteroatoms. The molecular weight excluding hydrogens is 544 g/mol. The van der Waals surface area contributed by atoms with Crippen LogP contribution in [0.5, 0.6) is 0 Å². The molecule has 2 aromatic carbocycles. The van der Waals surface area contributed by atoms with E-state index in [1.54, 1.807) is 0 Å². The van der Waals surface area contributed by atoms with Gasteiger partial charge in [-0.2, -0.15) is 0 Å². The quantitative estimate of drug-likeness (QED) is 0.218. The smallest absolute Gasteiger partial charge is 0.407 e. The molecule has 9 nitrogen and oxygen atoms in total. The van der Waals surface area contributed by atoms with Gasteiger partial charge in [0.25, 0.3) is 0 Å². The van der Waals surface area contributed by atoms with Crippen LogP contribution in [-0.2, 0) is 19.1 Å². The zero-order chi connectivity index (χ0) is 30.0. The maximum Gasteiger partial charge on any atom is 0.407 e. The molecule has 3 unspecified atom stereocenters. The first-order valence-corrected chi connectivity index (χ1v) is 15.8. The summed E-state index contributed by atoms with van der Waals surface area (Å²) in [5.41, 5.74) is 9.84. The number of alkyl carbamates (subject to hydrolysis) is 1. The largest absolute Gasteiger partial charge is 0.468 e. The average Bonchev–Trinajstić information content (AvgIpc) is 3.31. The molecule has 0 radical (unpaired) electrons. The number of carbonyl (C=O) groups is 3. The van der Waals surface area contributed by atoms with Crippen LogP contribution < -0.4 is 21.7 Å². The third-order valence-electron chi connectivity index (χ3n) is 10.2. The van der Waals surface area contributed by atoms with Crippen LogP contribution in [0.1, 0.15) is 74.8 Å². The van der Waals surface area contributed by atoms with Crippen molar-refractivity contribution < 1.29 is 23.9 Å². The lowest BCUT2D eigenvalue weighted by molar-refractivity contribution is -0.142. The van der Waals surface area contributed by atoms with Gasteiger partial charge in [0.2, 0.25) is 5.91 Å². The van der Waals surface area contributed by atoms with Gasteiger partial charge in [-0.1, -0.05) is 48.5 Å². The second-order valence-electron chi connectivity index (χ2n) is 13.2. The minimum absolute atomic E-state index is 0.0524. The Kier molecular flexibility index (Phi) is 8.47. The lowest BCUT2D eigenvalue weighted by Crippen LogP contribution is -2.70. The fourth-order valence-corrected chi connectivity index (χ4v) is 8.84. The summed E-state index contributed by atoms with van der Waals surface area (Å²) in [7, 11) is 1.40. The molecule has 2 amide bonds. The number of esters is 1. The first-order valence-electron chi connectivity index (χ1n) is 15.8. The van der Waals surface area contributed by atoms with Gasteiger partial charge in [-0.25, -0.2) is 4.79 Å². The van der Waals surface area contributed by atoms with Gasteiger partial charge in [-0.05, 0) is 98.4 Å². The molecule has 0 spiro atoms. The molecule has 4 fully saturated rings. The van der Waals surface area contributed by atoms with Crippen molar-refractivity contribution in [3.05, 3.63) is 59.7 Å². The van der Waals surface area contributed by atoms with E-state index >= 15 is 0 Å². The van der Waals surface area contributed by atoms with Crippen molar-refractivity contribution in [1.82, 2.24) is 16.0 Å². The SMILES string of the molecule is COC(=O)CNC12CC3CC(C1)CC(NC(=O)C(CCCCN)NC(=O)OCC1c4ccccc4-c4ccccc41)(C3)C2. The van der Waals surface area contributed by atoms with Crippen molar-refractivity contribution in [3.63, 3.8) is 0 Å². The Hall–Kier alpha value is -3.43. The molecule has 0 saturated heterocycles. The molecule has 5 aliphatic rings. The van der Waals surface area contributed by atoms with Gasteiger partial charge in [-0.3, -0.25) is 9.59 Å². The van der Waals surface area contributed by atoms with Crippen LogP contribution in [0.15, 0.2) is 48.5 Å². The Morgan fingerprint density at radius 2 is 1.56 bits per heavy atom. The lowest BCUT2D eigenvalue weighted by Gasteiger charge is -2.62. The monoisotopic (exact) mass is 588 g/mol. The molecule has 7 rings (SSSR count). The average molecular weight is 589 g/mol. The topological polar surface area (TPSA) is 132 Å². The summed E-state index contributed by atoms with van der Waals surface area (Å²) in [6.07, 6.45) is 7.21. The van der Waals surface area contributed by atoms with Crippen molar-refractivity contribution in [3.8, 4) is 11.1 Å². The maximum atomic E-state index is 13.9. The summed E-state index contributed by atoms with van der Waals surface area (Å²) < 4.78 is 10.7. The van der Waals surface area contributed by atoms with Crippen LogP contribution >= 0.6 is 0 Å². The molecular formula is C34H44N4O5. The molecule has 43 heavy (non-hydrogen) atoms. The van der Waals surface area contributed by atoms with Gasteiger partial charge in [0.1, 0.15) is 12.6 Å². The van der Waals surface area contributed by atoms with Crippen LogP contribution in [0.25, 0.3) is 11.1 Å². The summed E-state index contributed by atoms with van der Waals surface area (Å²) in [4.78, 5) is 38.9. The second-order valence-corrected chi connectivity index (χ2v) is 13.2. The van der Waals surface area contributed by atoms with E-state index in [9.17, 15) is 14.4 Å². The number of hydrogen-bond donors (Lipinski definition) is 4. The summed E-state index contributed by atoms with van der Waals surface area (Å²) in [6.45, 7) is 0.894. The molecule has 0 heterocycles. The first kappa shape index (κ1) is 29.6. The predicted molar refractivity (Wildman–Crippen MR) is 163 cm³/mol. The number of rotatable bonds is 12. The van der Waals surface area contributed by atoms with E-state index in [1.807, 2.05) is 24.3 Å². The van der Waals surface area contributed by atoms with Crippen LogP contribution in [0.4, 0.5) is 4.79 Å². The summed E-state index contributed by atoms with van der Waals surface area (Å²) in [5.74, 6) is 0.495. The zero-order valence-electron chi connectivity index (χ0n) is 25.0. The van der Waals surface area contributed by atoms with Crippen molar-refractivity contribution in [1.29, 1.82) is 0 Å². The fraction of sp³-hybridized carbons (Fsp3) is 0.559. The van der Waals surface area contributed by atoms with Gasteiger partial charge < -0.3 is 31.2 Å². The van der Waals surface area contributed by atoms with Crippen molar-refractivity contribution in [2.45, 2.75) is 80.8 Å². The lowest BCUT2D eigenvalue weighted by atomic mass is 9.50. The maximum absolute atomic E-state index is 13.9. The Bertz CT molecular complexity index is 1300. The Morgan fingerprint density at radius 3 is 2.19 bits per heavy atom. The second kappa shape index (κ2) is 12.3. The van der Waals surface area contributed by atoms with E-state index in [0.717, 1.165) is 62.5 Å². The normalized spacial score (nSPS) is 27.2. The van der Waals surface area contributed by atoms with E-state index in [-0.39, 0.29) is 42.0 Å². The van der Waals surface area contributed by atoms with Crippen LogP contribution in [0.3, 0.4) is 0 Å². The number of amides is 2. The van der Waals surface area contributed by atoms with Crippen LogP contribution in [0.2, 0.25) is 0 Å². The molecule has 4 saturated carbocycles. The van der Waals surface area contributed by atoms with E-state index in [0.29, 0.717) is 24.8 Å². The number of carbonyl (C=O) groups excluding carboxylic acids is 3. The zero-order valence-corrected chi connectivity index (χ0v) is 25.0. The third kappa shape index (κ3) is 6.15. The molecule has 230 valence electrons. The summed E-state index contributed by atoms with van der Waals surface area (Å²) in [5, 5.41) is 9.81. The van der Waals surface area contributed by atoms with E-state index in [1.165, 1.54) is 18.2 Å².